The molecule has 2 heterocycles. The number of hydrogen-bond acceptors (Lipinski definition) is 6. The van der Waals surface area contributed by atoms with Crippen LogP contribution in [0.15, 0.2) is 66.7 Å². The third kappa shape index (κ3) is 5.75. The predicted octanol–water partition coefficient (Wildman–Crippen LogP) is 6.07. The summed E-state index contributed by atoms with van der Waals surface area (Å²) in [7, 11) is 0. The molecule has 0 radical (unpaired) electrons. The molecule has 1 fully saturated rings. The third-order valence-corrected chi connectivity index (χ3v) is 7.36. The fourth-order valence-corrected chi connectivity index (χ4v) is 5.65. The molecule has 5 rings (SSSR count). The summed E-state index contributed by atoms with van der Waals surface area (Å²) in [6.07, 6.45) is 0.870. The Hall–Kier alpha value is -3.26. The summed E-state index contributed by atoms with van der Waals surface area (Å²) in [5, 5.41) is 0.746. The highest BCUT2D eigenvalue weighted by Gasteiger charge is 2.22. The van der Waals surface area contributed by atoms with Crippen molar-refractivity contribution in [1.29, 1.82) is 0 Å². The Bertz CT molecular complexity index is 1320. The monoisotopic (exact) mass is 501 g/mol. The number of fused-ring (bicyclic) bond motifs is 1. The molecule has 4 aromatic rings. The summed E-state index contributed by atoms with van der Waals surface area (Å²) >= 11 is 1.58. The summed E-state index contributed by atoms with van der Waals surface area (Å²) in [6.45, 7) is 9.14. The van der Waals surface area contributed by atoms with E-state index in [1.807, 2.05) is 59.5 Å². The number of aromatic nitrogens is 1. The minimum atomic E-state index is -0.0448. The van der Waals surface area contributed by atoms with Crippen LogP contribution in [0, 0.1) is 13.8 Å². The lowest BCUT2D eigenvalue weighted by atomic mass is 10.1. The molecule has 6 nitrogen and oxygen atoms in total. The molecule has 1 aromatic heterocycles. The van der Waals surface area contributed by atoms with Crippen molar-refractivity contribution in [2.75, 3.05) is 44.3 Å². The molecule has 1 amide bonds. The van der Waals surface area contributed by atoms with Crippen molar-refractivity contribution in [3.63, 3.8) is 0 Å². The van der Waals surface area contributed by atoms with Gasteiger partial charge in [-0.05, 0) is 73.9 Å². The van der Waals surface area contributed by atoms with E-state index in [2.05, 4.69) is 30.9 Å². The smallest absolute Gasteiger partial charge is 0.260 e. The number of rotatable bonds is 8. The maximum Gasteiger partial charge on any atom is 0.260 e. The molecule has 0 unspecified atom stereocenters. The summed E-state index contributed by atoms with van der Waals surface area (Å²) in [5.41, 5.74) is 3.93. The number of ether oxygens (including phenoxy) is 2. The van der Waals surface area contributed by atoms with E-state index in [0.29, 0.717) is 17.9 Å². The molecule has 1 aliphatic heterocycles. The summed E-state index contributed by atoms with van der Waals surface area (Å²) < 4.78 is 12.5. The number of benzene rings is 3. The van der Waals surface area contributed by atoms with E-state index in [1.54, 1.807) is 11.3 Å². The highest BCUT2D eigenvalue weighted by Crippen LogP contribution is 2.33. The Balaban J connectivity index is 1.37. The number of amides is 1. The number of carbonyl (C=O) groups is 1. The fourth-order valence-electron chi connectivity index (χ4n) is 4.48. The quantitative estimate of drug-likeness (QED) is 0.293. The van der Waals surface area contributed by atoms with Gasteiger partial charge in [-0.2, -0.15) is 0 Å². The zero-order chi connectivity index (χ0) is 24.9. The fraction of sp³-hybridized carbons (Fsp3) is 0.310. The van der Waals surface area contributed by atoms with Gasteiger partial charge in [0.05, 0.1) is 23.4 Å². The van der Waals surface area contributed by atoms with Crippen LogP contribution in [0.4, 0.5) is 5.13 Å². The van der Waals surface area contributed by atoms with E-state index in [9.17, 15) is 4.79 Å². The lowest BCUT2D eigenvalue weighted by molar-refractivity contribution is 0.0376. The second-order valence-corrected chi connectivity index (χ2v) is 10.1. The Labute approximate surface area is 216 Å². The topological polar surface area (TPSA) is 54.9 Å². The zero-order valence-corrected chi connectivity index (χ0v) is 21.6. The van der Waals surface area contributed by atoms with Gasteiger partial charge in [0.15, 0.2) is 5.13 Å². The summed E-state index contributed by atoms with van der Waals surface area (Å²) in [4.78, 5) is 22.9. The third-order valence-electron chi connectivity index (χ3n) is 6.33. The van der Waals surface area contributed by atoms with Crippen molar-refractivity contribution in [3.05, 3.63) is 83.4 Å². The second-order valence-electron chi connectivity index (χ2n) is 9.13. The number of hydrogen-bond donors (Lipinski definition) is 0. The molecule has 186 valence electrons. The first-order valence-corrected chi connectivity index (χ1v) is 13.2. The maximum absolute atomic E-state index is 13.7. The number of thiazole rings is 1. The van der Waals surface area contributed by atoms with Crippen LogP contribution in [-0.2, 0) is 4.74 Å². The lowest BCUT2D eigenvalue weighted by Crippen LogP contribution is -2.39. The number of carbonyl (C=O) groups excluding carboxylic acids is 1. The standard InChI is InChI=1S/C29H31N3O3S/c1-21-19-22(2)27-26(20-21)36-29(30-27)32(14-6-13-31-15-17-34-18-16-31)28(33)23-9-11-25(12-10-23)35-24-7-4-3-5-8-24/h3-5,7-12,19-20H,6,13-18H2,1-2H3. The molecule has 3 aromatic carbocycles. The number of anilines is 1. The zero-order valence-electron chi connectivity index (χ0n) is 20.8. The van der Waals surface area contributed by atoms with Crippen LogP contribution in [0.2, 0.25) is 0 Å². The average molecular weight is 502 g/mol. The van der Waals surface area contributed by atoms with Gasteiger partial charge in [0, 0.05) is 31.7 Å². The molecule has 0 atom stereocenters. The molecule has 1 aliphatic rings. The molecule has 0 spiro atoms. The molecule has 0 saturated carbocycles. The van der Waals surface area contributed by atoms with E-state index in [1.165, 1.54) is 5.56 Å². The largest absolute Gasteiger partial charge is 0.457 e. The van der Waals surface area contributed by atoms with E-state index >= 15 is 0 Å². The van der Waals surface area contributed by atoms with Crippen LogP contribution < -0.4 is 9.64 Å². The highest BCUT2D eigenvalue weighted by molar-refractivity contribution is 7.22. The van der Waals surface area contributed by atoms with Gasteiger partial charge in [-0.1, -0.05) is 35.6 Å². The molecule has 7 heteroatoms. The van der Waals surface area contributed by atoms with Crippen LogP contribution in [0.1, 0.15) is 27.9 Å². The predicted molar refractivity (Wildman–Crippen MR) is 146 cm³/mol. The van der Waals surface area contributed by atoms with Crippen molar-refractivity contribution in [2.45, 2.75) is 20.3 Å². The van der Waals surface area contributed by atoms with Gasteiger partial charge in [-0.3, -0.25) is 14.6 Å². The molecular weight excluding hydrogens is 470 g/mol. The van der Waals surface area contributed by atoms with Gasteiger partial charge in [0.1, 0.15) is 11.5 Å². The van der Waals surface area contributed by atoms with Gasteiger partial charge < -0.3 is 9.47 Å². The van der Waals surface area contributed by atoms with E-state index < -0.39 is 0 Å². The van der Waals surface area contributed by atoms with Crippen LogP contribution in [0.3, 0.4) is 0 Å². The second kappa shape index (κ2) is 11.2. The number of morpholine rings is 1. The van der Waals surface area contributed by atoms with Gasteiger partial charge in [0.25, 0.3) is 5.91 Å². The normalized spacial score (nSPS) is 14.2. The number of aryl methyl sites for hydroxylation is 2. The summed E-state index contributed by atoms with van der Waals surface area (Å²) in [6, 6.07) is 21.3. The van der Waals surface area contributed by atoms with Gasteiger partial charge in [-0.15, -0.1) is 0 Å². The first-order valence-electron chi connectivity index (χ1n) is 12.4. The van der Waals surface area contributed by atoms with Crippen molar-refractivity contribution < 1.29 is 14.3 Å². The Morgan fingerprint density at radius 3 is 2.50 bits per heavy atom. The van der Waals surface area contributed by atoms with E-state index in [-0.39, 0.29) is 5.91 Å². The molecular formula is C29H31N3O3S. The van der Waals surface area contributed by atoms with Crippen LogP contribution in [-0.4, -0.2) is 55.2 Å². The van der Waals surface area contributed by atoms with Crippen molar-refractivity contribution >= 4 is 32.6 Å². The van der Waals surface area contributed by atoms with E-state index in [4.69, 9.17) is 14.5 Å². The molecule has 1 saturated heterocycles. The van der Waals surface area contributed by atoms with Gasteiger partial charge in [0.2, 0.25) is 0 Å². The molecule has 0 bridgehead atoms. The van der Waals surface area contributed by atoms with Crippen LogP contribution in [0.25, 0.3) is 10.2 Å². The Morgan fingerprint density at radius 2 is 1.75 bits per heavy atom. The SMILES string of the molecule is Cc1cc(C)c2nc(N(CCCN3CCOCC3)C(=O)c3ccc(Oc4ccccc4)cc3)sc2c1. The summed E-state index contributed by atoms with van der Waals surface area (Å²) in [5.74, 6) is 1.42. The van der Waals surface area contributed by atoms with Crippen LogP contribution in [0.5, 0.6) is 11.5 Å². The minimum Gasteiger partial charge on any atom is -0.457 e. The van der Waals surface area contributed by atoms with E-state index in [0.717, 1.165) is 65.9 Å². The minimum absolute atomic E-state index is 0.0448. The van der Waals surface area contributed by atoms with Crippen LogP contribution >= 0.6 is 11.3 Å². The maximum atomic E-state index is 13.7. The molecule has 0 aliphatic carbocycles. The van der Waals surface area contributed by atoms with Gasteiger partial charge >= 0.3 is 0 Å². The van der Waals surface area contributed by atoms with Crippen molar-refractivity contribution in [1.82, 2.24) is 9.88 Å². The Kier molecular flexibility index (Phi) is 7.60. The lowest BCUT2D eigenvalue weighted by Gasteiger charge is -2.27. The first-order chi connectivity index (χ1) is 17.6. The van der Waals surface area contributed by atoms with Gasteiger partial charge in [-0.25, -0.2) is 4.98 Å². The highest BCUT2D eigenvalue weighted by atomic mass is 32.1. The molecule has 36 heavy (non-hydrogen) atoms. The average Bonchev–Trinajstić information content (AvgIpc) is 3.32. The number of para-hydroxylation sites is 1. The number of nitrogens with zero attached hydrogens (tertiary/aromatic N) is 3. The Morgan fingerprint density at radius 1 is 1.03 bits per heavy atom. The van der Waals surface area contributed by atoms with Crippen molar-refractivity contribution in [2.24, 2.45) is 0 Å². The van der Waals surface area contributed by atoms with Crippen molar-refractivity contribution in [3.8, 4) is 11.5 Å². The first kappa shape index (κ1) is 24.4. The molecule has 0 N–H and O–H groups in total.